The molecule has 0 fully saturated rings. The predicted molar refractivity (Wildman–Crippen MR) is 108 cm³/mol. The molecular weight excluding hydrogens is 304 g/mol. The summed E-state index contributed by atoms with van der Waals surface area (Å²) < 4.78 is 0. The third-order valence-electron chi connectivity index (χ3n) is 5.40. The molecule has 2 nitrogen and oxygen atoms in total. The van der Waals surface area contributed by atoms with Gasteiger partial charge in [-0.1, -0.05) is 63.2 Å². The van der Waals surface area contributed by atoms with Crippen LogP contribution in [0.15, 0.2) is 48.5 Å². The normalized spacial score (nSPS) is 20.0. The standard InChI is InChI=1S/C23H32N2/c1-23(2,3)20-12-13-21-19(16-20)15-18(11-8-14-24-4)22(25-21)17-9-6-5-7-10-17/h5-7,9-10,12-13,16,18,22,24-25H,8,11,14-15H2,1-4H3/t18-,22+/m1/s1. The fraction of sp³-hybridized carbons (Fsp3) is 0.478. The van der Waals surface area contributed by atoms with Gasteiger partial charge in [-0.3, -0.25) is 0 Å². The number of nitrogens with one attached hydrogen (secondary N) is 2. The minimum atomic E-state index is 0.201. The van der Waals surface area contributed by atoms with Crippen molar-refractivity contribution in [1.82, 2.24) is 5.32 Å². The van der Waals surface area contributed by atoms with Crippen LogP contribution in [0, 0.1) is 5.92 Å². The van der Waals surface area contributed by atoms with Crippen molar-refractivity contribution in [1.29, 1.82) is 0 Å². The second kappa shape index (κ2) is 7.61. The summed E-state index contributed by atoms with van der Waals surface area (Å²) in [7, 11) is 2.04. The maximum Gasteiger partial charge on any atom is 0.0545 e. The highest BCUT2D eigenvalue weighted by Crippen LogP contribution is 2.40. The van der Waals surface area contributed by atoms with Gasteiger partial charge in [-0.2, -0.15) is 0 Å². The molecule has 1 aliphatic rings. The number of hydrogen-bond donors (Lipinski definition) is 2. The number of hydrogen-bond acceptors (Lipinski definition) is 2. The molecule has 0 saturated heterocycles. The fourth-order valence-corrected chi connectivity index (χ4v) is 3.88. The molecule has 1 aliphatic heterocycles. The van der Waals surface area contributed by atoms with E-state index in [1.807, 2.05) is 7.05 Å². The fourth-order valence-electron chi connectivity index (χ4n) is 3.88. The van der Waals surface area contributed by atoms with Gasteiger partial charge in [0.2, 0.25) is 0 Å². The second-order valence-corrected chi connectivity index (χ2v) is 8.36. The zero-order valence-electron chi connectivity index (χ0n) is 16.1. The van der Waals surface area contributed by atoms with Gasteiger partial charge in [-0.15, -0.1) is 0 Å². The van der Waals surface area contributed by atoms with Gasteiger partial charge in [0.25, 0.3) is 0 Å². The van der Waals surface area contributed by atoms with Crippen molar-refractivity contribution in [2.45, 2.75) is 51.5 Å². The third-order valence-corrected chi connectivity index (χ3v) is 5.40. The molecule has 0 saturated carbocycles. The Morgan fingerprint density at radius 3 is 2.52 bits per heavy atom. The summed E-state index contributed by atoms with van der Waals surface area (Å²) in [6, 6.07) is 18.3. The van der Waals surface area contributed by atoms with E-state index in [0.29, 0.717) is 12.0 Å². The van der Waals surface area contributed by atoms with Crippen LogP contribution in [0.3, 0.4) is 0 Å². The summed E-state index contributed by atoms with van der Waals surface area (Å²) >= 11 is 0. The molecule has 0 unspecified atom stereocenters. The molecule has 0 aliphatic carbocycles. The molecule has 2 N–H and O–H groups in total. The van der Waals surface area contributed by atoms with Gasteiger partial charge < -0.3 is 10.6 Å². The number of benzene rings is 2. The third kappa shape index (κ3) is 4.24. The van der Waals surface area contributed by atoms with Crippen LogP contribution in [-0.2, 0) is 11.8 Å². The lowest BCUT2D eigenvalue weighted by atomic mass is 9.78. The average Bonchev–Trinajstić information content (AvgIpc) is 2.61. The number of anilines is 1. The Morgan fingerprint density at radius 1 is 1.08 bits per heavy atom. The van der Waals surface area contributed by atoms with E-state index in [9.17, 15) is 0 Å². The van der Waals surface area contributed by atoms with Gasteiger partial charge in [0, 0.05) is 5.69 Å². The summed E-state index contributed by atoms with van der Waals surface area (Å²) in [6.45, 7) is 7.97. The van der Waals surface area contributed by atoms with Gasteiger partial charge in [0.1, 0.15) is 0 Å². The highest BCUT2D eigenvalue weighted by Gasteiger charge is 2.29. The summed E-state index contributed by atoms with van der Waals surface area (Å²) in [5.74, 6) is 0.637. The zero-order chi connectivity index (χ0) is 17.9. The van der Waals surface area contributed by atoms with Gasteiger partial charge in [0.05, 0.1) is 6.04 Å². The Bertz CT molecular complexity index is 685. The monoisotopic (exact) mass is 336 g/mol. The quantitative estimate of drug-likeness (QED) is 0.723. The van der Waals surface area contributed by atoms with Crippen LogP contribution in [0.5, 0.6) is 0 Å². The molecule has 0 amide bonds. The SMILES string of the molecule is CNCCC[C@@H]1Cc2cc(C(C)(C)C)ccc2N[C@H]1c1ccccc1. The second-order valence-electron chi connectivity index (χ2n) is 8.36. The van der Waals surface area contributed by atoms with E-state index in [1.54, 1.807) is 0 Å². The molecule has 0 aromatic heterocycles. The van der Waals surface area contributed by atoms with Crippen molar-refractivity contribution in [3.63, 3.8) is 0 Å². The molecule has 3 rings (SSSR count). The van der Waals surface area contributed by atoms with Crippen molar-refractivity contribution in [2.75, 3.05) is 18.9 Å². The van der Waals surface area contributed by atoms with E-state index in [2.05, 4.69) is 79.9 Å². The molecular formula is C23H32N2. The first-order valence-electron chi connectivity index (χ1n) is 9.58. The van der Waals surface area contributed by atoms with Gasteiger partial charge in [-0.25, -0.2) is 0 Å². The molecule has 0 radical (unpaired) electrons. The number of fused-ring (bicyclic) bond motifs is 1. The highest BCUT2D eigenvalue weighted by molar-refractivity contribution is 5.57. The molecule has 2 aromatic rings. The Hall–Kier alpha value is -1.80. The van der Waals surface area contributed by atoms with Gasteiger partial charge in [-0.05, 0) is 66.9 Å². The molecule has 1 heterocycles. The first kappa shape index (κ1) is 18.0. The summed E-state index contributed by atoms with van der Waals surface area (Å²) in [6.07, 6.45) is 3.63. The van der Waals surface area contributed by atoms with Crippen LogP contribution in [0.25, 0.3) is 0 Å². The summed E-state index contributed by atoms with van der Waals surface area (Å²) in [5, 5.41) is 7.14. The van der Waals surface area contributed by atoms with Crippen LogP contribution in [0.1, 0.15) is 56.3 Å². The molecule has 2 atom stereocenters. The molecule has 0 spiro atoms. The van der Waals surface area contributed by atoms with Crippen LogP contribution in [0.2, 0.25) is 0 Å². The van der Waals surface area contributed by atoms with E-state index < -0.39 is 0 Å². The molecule has 25 heavy (non-hydrogen) atoms. The van der Waals surface area contributed by atoms with E-state index in [1.165, 1.54) is 35.2 Å². The minimum absolute atomic E-state index is 0.201. The molecule has 0 bridgehead atoms. The Kier molecular flexibility index (Phi) is 5.48. The van der Waals surface area contributed by atoms with Crippen molar-refractivity contribution in [3.05, 3.63) is 65.2 Å². The average molecular weight is 337 g/mol. The highest BCUT2D eigenvalue weighted by atomic mass is 14.9. The van der Waals surface area contributed by atoms with E-state index >= 15 is 0 Å². The van der Waals surface area contributed by atoms with Crippen molar-refractivity contribution >= 4 is 5.69 Å². The Balaban J connectivity index is 1.89. The van der Waals surface area contributed by atoms with Gasteiger partial charge >= 0.3 is 0 Å². The smallest absolute Gasteiger partial charge is 0.0545 e. The first-order chi connectivity index (χ1) is 12.0. The van der Waals surface area contributed by atoms with E-state index in [-0.39, 0.29) is 5.41 Å². The van der Waals surface area contributed by atoms with Crippen LogP contribution in [0.4, 0.5) is 5.69 Å². The molecule has 2 heteroatoms. The first-order valence-corrected chi connectivity index (χ1v) is 9.58. The lowest BCUT2D eigenvalue weighted by Crippen LogP contribution is -2.29. The maximum atomic E-state index is 3.85. The van der Waals surface area contributed by atoms with Crippen LogP contribution >= 0.6 is 0 Å². The minimum Gasteiger partial charge on any atom is -0.378 e. The number of rotatable bonds is 5. The largest absolute Gasteiger partial charge is 0.378 e. The summed E-state index contributed by atoms with van der Waals surface area (Å²) in [5.41, 5.74) is 5.83. The van der Waals surface area contributed by atoms with Gasteiger partial charge in [0.15, 0.2) is 0 Å². The zero-order valence-corrected chi connectivity index (χ0v) is 16.1. The van der Waals surface area contributed by atoms with Crippen molar-refractivity contribution in [2.24, 2.45) is 5.92 Å². The van der Waals surface area contributed by atoms with Crippen molar-refractivity contribution < 1.29 is 0 Å². The van der Waals surface area contributed by atoms with Crippen molar-refractivity contribution in [3.8, 4) is 0 Å². The topological polar surface area (TPSA) is 24.1 Å². The lowest BCUT2D eigenvalue weighted by molar-refractivity contribution is 0.394. The maximum absolute atomic E-state index is 3.85. The van der Waals surface area contributed by atoms with E-state index in [4.69, 9.17) is 0 Å². The molecule has 134 valence electrons. The van der Waals surface area contributed by atoms with E-state index in [0.717, 1.165) is 13.0 Å². The predicted octanol–water partition coefficient (Wildman–Crippen LogP) is 5.31. The Labute approximate surface area is 153 Å². The van der Waals surface area contributed by atoms with Crippen LogP contribution in [-0.4, -0.2) is 13.6 Å². The molecule has 2 aromatic carbocycles. The Morgan fingerprint density at radius 2 is 1.84 bits per heavy atom. The lowest BCUT2D eigenvalue weighted by Gasteiger charge is -2.36. The summed E-state index contributed by atoms with van der Waals surface area (Å²) in [4.78, 5) is 0. The van der Waals surface area contributed by atoms with Crippen LogP contribution < -0.4 is 10.6 Å².